The Morgan fingerprint density at radius 3 is 1.37 bits per heavy atom. The van der Waals surface area contributed by atoms with Crippen molar-refractivity contribution in [2.75, 3.05) is 83.8 Å². The molecule has 4 atom stereocenters. The Morgan fingerprint density at radius 1 is 0.651 bits per heavy atom. The third-order valence-electron chi connectivity index (χ3n) is 9.13. The normalized spacial score (nSPS) is 17.6. The summed E-state index contributed by atoms with van der Waals surface area (Å²) in [6, 6.07) is 18.4. The van der Waals surface area contributed by atoms with Crippen LogP contribution in [-0.4, -0.2) is 161 Å². The fraction of sp³-hybridized carbons (Fsp3) is 0.500. The van der Waals surface area contributed by atoms with Crippen LogP contribution in [0.3, 0.4) is 0 Å². The molecule has 2 heterocycles. The molecule has 0 spiro atoms. The topological polar surface area (TPSA) is 239 Å². The summed E-state index contributed by atoms with van der Waals surface area (Å²) in [5.74, 6) is -4.32. The fourth-order valence-corrected chi connectivity index (χ4v) is 8.52. The Balaban J connectivity index is 0.000000344. The Kier molecular flexibility index (Phi) is 20.3. The molecule has 4 rings (SSSR count). The van der Waals surface area contributed by atoms with E-state index < -0.39 is 70.2 Å². The molecule has 0 amide bonds. The van der Waals surface area contributed by atoms with Crippen LogP contribution < -0.4 is 0 Å². The summed E-state index contributed by atoms with van der Waals surface area (Å²) in [6.45, 7) is -0.582. The predicted octanol–water partition coefficient (Wildman–Crippen LogP) is 3.61. The summed E-state index contributed by atoms with van der Waals surface area (Å²) in [5, 5.41) is 18.3. The first kappa shape index (κ1) is 52.5. The van der Waals surface area contributed by atoms with Crippen molar-refractivity contribution in [3.63, 3.8) is 0 Å². The second kappa shape index (κ2) is 24.3. The maximum absolute atomic E-state index is 13.4. The molecule has 0 bridgehead atoms. The summed E-state index contributed by atoms with van der Waals surface area (Å²) in [6.07, 6.45) is -4.75. The maximum Gasteiger partial charge on any atom is 0.395 e. The molecule has 21 nitrogen and oxygen atoms in total. The van der Waals surface area contributed by atoms with Crippen LogP contribution in [0.1, 0.15) is 24.0 Å². The molecule has 2 aliphatic rings. The van der Waals surface area contributed by atoms with Crippen molar-refractivity contribution >= 4 is 39.2 Å². The Labute approximate surface area is 367 Å². The first-order valence-electron chi connectivity index (χ1n) is 19.3. The van der Waals surface area contributed by atoms with Crippen molar-refractivity contribution in [3.05, 3.63) is 94.8 Å². The van der Waals surface area contributed by atoms with Crippen LogP contribution in [0, 0.1) is 0 Å². The van der Waals surface area contributed by atoms with Crippen LogP contribution in [0.2, 0.25) is 0 Å². The number of carbonyl (C=O) groups excluding carboxylic acids is 3. The lowest BCUT2D eigenvalue weighted by Crippen LogP contribution is -2.36. The Bertz CT molecular complexity index is 1990. The number of carboxylic acids is 1. The maximum atomic E-state index is 13.4. The molecule has 4 unspecified atom stereocenters. The third kappa shape index (κ3) is 14.1. The van der Waals surface area contributed by atoms with Gasteiger partial charge in [-0.1, -0.05) is 60.7 Å². The van der Waals surface area contributed by atoms with Crippen molar-refractivity contribution < 1.29 is 80.7 Å². The van der Waals surface area contributed by atoms with E-state index in [0.29, 0.717) is 0 Å². The lowest BCUT2D eigenvalue weighted by atomic mass is 10.1. The van der Waals surface area contributed by atoms with Crippen molar-refractivity contribution in [1.82, 2.24) is 18.7 Å². The number of cyclic esters (lactones) is 2. The van der Waals surface area contributed by atoms with Crippen LogP contribution in [-0.2, 0) is 83.7 Å². The number of esters is 3. The number of carbonyl (C=O) groups is 4. The monoisotopic (exact) mass is 928 g/mol. The highest BCUT2D eigenvalue weighted by molar-refractivity contribution is 7.54. The molecule has 63 heavy (non-hydrogen) atoms. The molecule has 23 heteroatoms. The Morgan fingerprint density at radius 2 is 1.03 bits per heavy atom. The number of carboxylic acid groups (broad SMARTS) is 1. The van der Waals surface area contributed by atoms with E-state index in [4.69, 9.17) is 47.3 Å². The summed E-state index contributed by atoms with van der Waals surface area (Å²) in [7, 11) is 7.99. The lowest BCUT2D eigenvalue weighted by Gasteiger charge is -2.29. The summed E-state index contributed by atoms with van der Waals surface area (Å²) >= 11 is 0. The molecule has 0 fully saturated rings. The lowest BCUT2D eigenvalue weighted by molar-refractivity contribution is -0.158. The van der Waals surface area contributed by atoms with E-state index in [-0.39, 0.29) is 55.7 Å². The van der Waals surface area contributed by atoms with Crippen molar-refractivity contribution in [2.45, 2.75) is 50.5 Å². The third-order valence-corrected chi connectivity index (χ3v) is 14.0. The van der Waals surface area contributed by atoms with Crippen LogP contribution in [0.4, 0.5) is 0 Å². The second-order valence-electron chi connectivity index (χ2n) is 14.4. The number of hydrogen-bond acceptors (Lipinski definition) is 16. The highest BCUT2D eigenvalue weighted by Gasteiger charge is 2.48. The molecule has 0 aromatic heterocycles. The largest absolute Gasteiger partial charge is 0.485 e. The van der Waals surface area contributed by atoms with Crippen LogP contribution in [0.5, 0.6) is 0 Å². The quantitative estimate of drug-likeness (QED) is 0.0868. The van der Waals surface area contributed by atoms with Crippen molar-refractivity contribution in [3.8, 4) is 0 Å². The zero-order valence-corrected chi connectivity index (χ0v) is 38.8. The van der Waals surface area contributed by atoms with Gasteiger partial charge in [-0.2, -0.15) is 0 Å². The molecule has 0 aliphatic carbocycles. The van der Waals surface area contributed by atoms with E-state index in [9.17, 15) is 33.4 Å². The van der Waals surface area contributed by atoms with Gasteiger partial charge in [-0.05, 0) is 67.5 Å². The molecular formula is C40H58N4O17P2. The first-order valence-corrected chi connectivity index (χ1v) is 22.4. The standard InChI is InChI=1S/C22H31N2O10P.C18H27N2O7P/c1-23(2)35(29,24(3)4)34-21-20(32-13-15-9-7-6-8-10-15)19(33-22(21)28)16(30-5)14-31-18(27)12-11-17(25)26;1-19(2)28(23,20(3)4)27-17-16(25-12-13-9-7-6-8-10-13)15(26-18(17)22)14(11-21)24-5/h6-10,16,19H,11-14H2,1-5H3,(H,25,26);6-10,14-15,21H,11-12H2,1-5H3. The van der Waals surface area contributed by atoms with Gasteiger partial charge in [-0.15, -0.1) is 0 Å². The molecule has 0 saturated heterocycles. The van der Waals surface area contributed by atoms with Gasteiger partial charge in [0.05, 0.1) is 19.4 Å². The molecular weight excluding hydrogens is 870 g/mol. The minimum absolute atomic E-state index is 0.0404. The number of methoxy groups -OCH3 is 2. The van der Waals surface area contributed by atoms with Gasteiger partial charge in [-0.25, -0.2) is 37.4 Å². The number of aliphatic hydroxyl groups excluding tert-OH is 1. The predicted molar refractivity (Wildman–Crippen MR) is 225 cm³/mol. The van der Waals surface area contributed by atoms with Gasteiger partial charge in [0.1, 0.15) is 32.0 Å². The fourth-order valence-electron chi connectivity index (χ4n) is 5.63. The zero-order chi connectivity index (χ0) is 47.1. The molecule has 350 valence electrons. The minimum Gasteiger partial charge on any atom is -0.485 e. The molecule has 0 radical (unpaired) electrons. The number of ether oxygens (including phenoxy) is 7. The molecule has 2 N–H and O–H groups in total. The van der Waals surface area contributed by atoms with Gasteiger partial charge < -0.3 is 52.4 Å². The van der Waals surface area contributed by atoms with E-state index in [1.807, 2.05) is 60.7 Å². The smallest absolute Gasteiger partial charge is 0.395 e. The van der Waals surface area contributed by atoms with E-state index in [0.717, 1.165) is 11.1 Å². The average molecular weight is 929 g/mol. The average Bonchev–Trinajstić information content (AvgIpc) is 3.72. The van der Waals surface area contributed by atoms with Crippen molar-refractivity contribution in [1.29, 1.82) is 0 Å². The summed E-state index contributed by atoms with van der Waals surface area (Å²) in [4.78, 5) is 47.8. The molecule has 0 saturated carbocycles. The first-order chi connectivity index (χ1) is 29.7. The van der Waals surface area contributed by atoms with Gasteiger partial charge in [0.15, 0.2) is 23.7 Å². The number of hydrogen-bond donors (Lipinski definition) is 2. The second-order valence-corrected chi connectivity index (χ2v) is 20.0. The van der Waals surface area contributed by atoms with E-state index >= 15 is 0 Å². The van der Waals surface area contributed by atoms with Gasteiger partial charge in [0.2, 0.25) is 0 Å². The highest BCUT2D eigenvalue weighted by atomic mass is 31.2. The minimum atomic E-state index is -3.65. The SMILES string of the molecule is COC(CO)C1OC(=O)C(OP(=O)(N(C)C)N(C)C)=C1OCc1ccccc1.COC(COC(=O)CCC(=O)O)C1OC(=O)C(OP(=O)(N(C)C)N(C)C)=C1OCc1ccccc1. The van der Waals surface area contributed by atoms with Gasteiger partial charge >= 0.3 is 39.2 Å². The summed E-state index contributed by atoms with van der Waals surface area (Å²) < 4.78 is 81.6. The van der Waals surface area contributed by atoms with E-state index in [2.05, 4.69) is 0 Å². The number of benzene rings is 2. The number of rotatable bonds is 24. The number of aliphatic hydroxyl groups is 1. The molecule has 2 aromatic rings. The van der Waals surface area contributed by atoms with Gasteiger partial charge in [0.25, 0.3) is 11.5 Å². The van der Waals surface area contributed by atoms with E-state index in [1.54, 1.807) is 28.2 Å². The Hall–Kier alpha value is -4.82. The highest BCUT2D eigenvalue weighted by Crippen LogP contribution is 2.55. The zero-order valence-electron chi connectivity index (χ0n) is 37.0. The van der Waals surface area contributed by atoms with Gasteiger partial charge in [-0.3, -0.25) is 9.59 Å². The molecule has 2 aromatic carbocycles. The van der Waals surface area contributed by atoms with Crippen LogP contribution >= 0.6 is 15.3 Å². The van der Waals surface area contributed by atoms with Crippen molar-refractivity contribution in [2.24, 2.45) is 0 Å². The van der Waals surface area contributed by atoms with Gasteiger partial charge in [0, 0.05) is 14.2 Å². The van der Waals surface area contributed by atoms with Crippen LogP contribution in [0.25, 0.3) is 0 Å². The number of nitrogens with zero attached hydrogens (tertiary/aromatic N) is 4. The number of aliphatic carboxylic acids is 1. The summed E-state index contributed by atoms with van der Waals surface area (Å²) in [5.41, 5.74) is 1.64. The van der Waals surface area contributed by atoms with Crippen LogP contribution in [0.15, 0.2) is 83.7 Å². The molecule has 2 aliphatic heterocycles. The van der Waals surface area contributed by atoms with E-state index in [1.165, 1.54) is 61.1 Å².